The summed E-state index contributed by atoms with van der Waals surface area (Å²) in [6, 6.07) is 7.70. The van der Waals surface area contributed by atoms with Gasteiger partial charge in [0.05, 0.1) is 7.11 Å². The van der Waals surface area contributed by atoms with Crippen LogP contribution < -0.4 is 15.4 Å². The Morgan fingerprint density at radius 1 is 1.39 bits per heavy atom. The summed E-state index contributed by atoms with van der Waals surface area (Å²) in [5.41, 5.74) is 0.744. The van der Waals surface area contributed by atoms with Crippen molar-refractivity contribution in [3.63, 3.8) is 0 Å². The summed E-state index contributed by atoms with van der Waals surface area (Å²) in [5.74, 6) is 0.737. The average Bonchev–Trinajstić information content (AvgIpc) is 2.59. The molecule has 1 atom stereocenters. The second kappa shape index (κ2) is 9.40. The van der Waals surface area contributed by atoms with E-state index >= 15 is 0 Å². The molecule has 1 aliphatic heterocycles. The van der Waals surface area contributed by atoms with Crippen molar-refractivity contribution in [2.24, 2.45) is 0 Å². The van der Waals surface area contributed by atoms with Crippen LogP contribution in [0.1, 0.15) is 39.0 Å². The maximum absolute atomic E-state index is 12.1. The Morgan fingerprint density at radius 2 is 2.26 bits per heavy atom. The molecule has 2 rings (SSSR count). The molecule has 2 amide bonds. The van der Waals surface area contributed by atoms with Crippen LogP contribution in [-0.2, 0) is 0 Å². The van der Waals surface area contributed by atoms with Gasteiger partial charge in [-0.25, -0.2) is 4.79 Å². The Hall–Kier alpha value is -1.75. The second-order valence-corrected chi connectivity index (χ2v) is 6.11. The topological polar surface area (TPSA) is 53.6 Å². The lowest BCUT2D eigenvalue weighted by atomic mass is 10.0. The number of rotatable bonds is 7. The third kappa shape index (κ3) is 5.75. The molecule has 1 fully saturated rings. The largest absolute Gasteiger partial charge is 0.497 e. The van der Waals surface area contributed by atoms with E-state index in [2.05, 4.69) is 22.5 Å². The predicted octanol–water partition coefficient (Wildman–Crippen LogP) is 3.47. The lowest BCUT2D eigenvalue weighted by Crippen LogP contribution is -2.47. The molecule has 0 bridgehead atoms. The Balaban J connectivity index is 1.80. The van der Waals surface area contributed by atoms with Crippen LogP contribution in [0.3, 0.4) is 0 Å². The standard InChI is InChI=1S/C18H29N3O2/c1-3-4-11-21-12-6-5-9-16(21)14-19-18(22)20-15-8-7-10-17(13-15)23-2/h7-8,10,13,16H,3-6,9,11-12,14H2,1-2H3,(H2,19,20,22). The fourth-order valence-electron chi connectivity index (χ4n) is 3.03. The summed E-state index contributed by atoms with van der Waals surface area (Å²) in [5, 5.41) is 5.88. The first-order chi connectivity index (χ1) is 11.2. The number of ether oxygens (including phenoxy) is 1. The first-order valence-corrected chi connectivity index (χ1v) is 8.66. The molecule has 1 aromatic rings. The summed E-state index contributed by atoms with van der Waals surface area (Å²) in [6.45, 7) is 5.22. The average molecular weight is 319 g/mol. The Morgan fingerprint density at radius 3 is 3.04 bits per heavy atom. The van der Waals surface area contributed by atoms with E-state index in [9.17, 15) is 4.79 Å². The number of unbranched alkanes of at least 4 members (excludes halogenated alkanes) is 1. The van der Waals surface area contributed by atoms with Gasteiger partial charge in [0.15, 0.2) is 0 Å². The molecule has 0 spiro atoms. The molecule has 0 aromatic heterocycles. The molecule has 0 aliphatic carbocycles. The second-order valence-electron chi connectivity index (χ2n) is 6.11. The zero-order valence-electron chi connectivity index (χ0n) is 14.3. The number of likely N-dealkylation sites (tertiary alicyclic amines) is 1. The Labute approximate surface area is 139 Å². The highest BCUT2D eigenvalue weighted by Gasteiger charge is 2.22. The van der Waals surface area contributed by atoms with E-state index in [-0.39, 0.29) is 6.03 Å². The number of anilines is 1. The van der Waals surface area contributed by atoms with Gasteiger partial charge in [-0.05, 0) is 44.5 Å². The molecular formula is C18H29N3O2. The first-order valence-electron chi connectivity index (χ1n) is 8.66. The number of nitrogens with zero attached hydrogens (tertiary/aromatic N) is 1. The van der Waals surface area contributed by atoms with E-state index in [1.165, 1.54) is 32.1 Å². The number of urea groups is 1. The molecule has 5 nitrogen and oxygen atoms in total. The highest BCUT2D eigenvalue weighted by Crippen LogP contribution is 2.18. The maximum atomic E-state index is 12.1. The van der Waals surface area contributed by atoms with Gasteiger partial charge in [-0.3, -0.25) is 4.90 Å². The molecule has 1 saturated heterocycles. The molecule has 1 aliphatic rings. The van der Waals surface area contributed by atoms with Crippen LogP contribution in [0.25, 0.3) is 0 Å². The highest BCUT2D eigenvalue weighted by atomic mass is 16.5. The molecule has 2 N–H and O–H groups in total. The molecule has 0 radical (unpaired) electrons. The fourth-order valence-corrected chi connectivity index (χ4v) is 3.03. The minimum Gasteiger partial charge on any atom is -0.497 e. The SMILES string of the molecule is CCCCN1CCCCC1CNC(=O)Nc1cccc(OC)c1. The number of hydrogen-bond donors (Lipinski definition) is 2. The van der Waals surface area contributed by atoms with Gasteiger partial charge < -0.3 is 15.4 Å². The maximum Gasteiger partial charge on any atom is 0.319 e. The zero-order chi connectivity index (χ0) is 16.5. The Kier molecular flexibility index (Phi) is 7.20. The number of carbonyl (C=O) groups is 1. The van der Waals surface area contributed by atoms with Crippen molar-refractivity contribution in [2.45, 2.75) is 45.1 Å². The van der Waals surface area contributed by atoms with Gasteiger partial charge in [0.1, 0.15) is 5.75 Å². The van der Waals surface area contributed by atoms with Crippen LogP contribution in [-0.4, -0.2) is 43.7 Å². The van der Waals surface area contributed by atoms with Crippen molar-refractivity contribution in [2.75, 3.05) is 32.1 Å². The number of piperidine rings is 1. The molecule has 23 heavy (non-hydrogen) atoms. The monoisotopic (exact) mass is 319 g/mol. The smallest absolute Gasteiger partial charge is 0.319 e. The van der Waals surface area contributed by atoms with Crippen molar-refractivity contribution in [1.29, 1.82) is 0 Å². The normalized spacial score (nSPS) is 18.4. The van der Waals surface area contributed by atoms with Gasteiger partial charge in [0.2, 0.25) is 0 Å². The van der Waals surface area contributed by atoms with Gasteiger partial charge >= 0.3 is 6.03 Å². The van der Waals surface area contributed by atoms with Gasteiger partial charge in [-0.15, -0.1) is 0 Å². The van der Waals surface area contributed by atoms with E-state index in [1.807, 2.05) is 24.3 Å². The molecule has 5 heteroatoms. The summed E-state index contributed by atoms with van der Waals surface area (Å²) >= 11 is 0. The third-order valence-corrected chi connectivity index (χ3v) is 4.37. The van der Waals surface area contributed by atoms with E-state index in [1.54, 1.807) is 7.11 Å². The first kappa shape index (κ1) is 17.6. The number of nitrogens with one attached hydrogen (secondary N) is 2. The van der Waals surface area contributed by atoms with Crippen LogP contribution in [0.5, 0.6) is 5.75 Å². The molecule has 0 saturated carbocycles. The van der Waals surface area contributed by atoms with E-state index < -0.39 is 0 Å². The molecule has 1 aromatic carbocycles. The summed E-state index contributed by atoms with van der Waals surface area (Å²) in [4.78, 5) is 14.6. The highest BCUT2D eigenvalue weighted by molar-refractivity contribution is 5.89. The van der Waals surface area contributed by atoms with Gasteiger partial charge in [0.25, 0.3) is 0 Å². The lowest BCUT2D eigenvalue weighted by molar-refractivity contribution is 0.145. The molecule has 1 unspecified atom stereocenters. The third-order valence-electron chi connectivity index (χ3n) is 4.37. The minimum atomic E-state index is -0.153. The quantitative estimate of drug-likeness (QED) is 0.809. The summed E-state index contributed by atoms with van der Waals surface area (Å²) in [6.07, 6.45) is 6.14. The number of carbonyl (C=O) groups excluding carboxylic acids is 1. The number of benzene rings is 1. The van der Waals surface area contributed by atoms with Gasteiger partial charge in [-0.1, -0.05) is 25.8 Å². The van der Waals surface area contributed by atoms with E-state index in [4.69, 9.17) is 4.74 Å². The van der Waals surface area contributed by atoms with Crippen LogP contribution >= 0.6 is 0 Å². The lowest BCUT2D eigenvalue weighted by Gasteiger charge is -2.35. The van der Waals surface area contributed by atoms with Crippen LogP contribution in [0.4, 0.5) is 10.5 Å². The number of hydrogen-bond acceptors (Lipinski definition) is 3. The van der Waals surface area contributed by atoms with Crippen LogP contribution in [0.15, 0.2) is 24.3 Å². The fraction of sp³-hybridized carbons (Fsp3) is 0.611. The van der Waals surface area contributed by atoms with Crippen molar-refractivity contribution in [3.05, 3.63) is 24.3 Å². The molecule has 128 valence electrons. The van der Waals surface area contributed by atoms with Crippen molar-refractivity contribution in [3.8, 4) is 5.75 Å². The predicted molar refractivity (Wildman–Crippen MR) is 94.1 cm³/mol. The summed E-state index contributed by atoms with van der Waals surface area (Å²) in [7, 11) is 1.62. The Bertz CT molecular complexity index is 493. The van der Waals surface area contributed by atoms with Crippen molar-refractivity contribution < 1.29 is 9.53 Å². The van der Waals surface area contributed by atoms with Gasteiger partial charge in [-0.2, -0.15) is 0 Å². The van der Waals surface area contributed by atoms with Crippen molar-refractivity contribution >= 4 is 11.7 Å². The molecular weight excluding hydrogens is 290 g/mol. The minimum absolute atomic E-state index is 0.153. The van der Waals surface area contributed by atoms with Crippen LogP contribution in [0.2, 0.25) is 0 Å². The van der Waals surface area contributed by atoms with E-state index in [0.717, 1.165) is 24.5 Å². The molecule has 1 heterocycles. The number of amides is 2. The summed E-state index contributed by atoms with van der Waals surface area (Å²) < 4.78 is 5.16. The van der Waals surface area contributed by atoms with Gasteiger partial charge in [0, 0.05) is 24.3 Å². The zero-order valence-corrected chi connectivity index (χ0v) is 14.3. The van der Waals surface area contributed by atoms with Crippen LogP contribution in [0, 0.1) is 0 Å². The van der Waals surface area contributed by atoms with E-state index in [0.29, 0.717) is 12.6 Å². The van der Waals surface area contributed by atoms with Crippen molar-refractivity contribution in [1.82, 2.24) is 10.2 Å². The number of methoxy groups -OCH3 is 1.